The second-order valence-corrected chi connectivity index (χ2v) is 12.7. The summed E-state index contributed by atoms with van der Waals surface area (Å²) in [5.74, 6) is -1.90. The second-order valence-electron chi connectivity index (χ2n) is 11.0. The van der Waals surface area contributed by atoms with Crippen molar-refractivity contribution in [3.63, 3.8) is 0 Å². The van der Waals surface area contributed by atoms with E-state index in [1.165, 1.54) is 25.3 Å². The molecule has 0 saturated carbocycles. The van der Waals surface area contributed by atoms with Crippen LogP contribution in [-0.4, -0.2) is 74.9 Å². The Hall–Kier alpha value is -5.31. The Kier molecular flexibility index (Phi) is 13.2. The van der Waals surface area contributed by atoms with Gasteiger partial charge in [0.25, 0.3) is 15.9 Å². The number of aliphatic carboxylic acids is 1. The molecule has 3 aromatic carbocycles. The summed E-state index contributed by atoms with van der Waals surface area (Å²) in [6.07, 6.45) is -0.668. The van der Waals surface area contributed by atoms with Gasteiger partial charge in [-0.15, -0.1) is 0 Å². The number of carboxylic acids is 1. The lowest BCUT2D eigenvalue weighted by Gasteiger charge is -2.20. The first kappa shape index (κ1) is 37.2. The predicted octanol–water partition coefficient (Wildman–Crippen LogP) is 2.92. The topological polar surface area (TPSA) is 219 Å². The highest BCUT2D eigenvalue weighted by atomic mass is 32.2. The van der Waals surface area contributed by atoms with Crippen LogP contribution in [0.5, 0.6) is 11.5 Å². The molecule has 3 rings (SSSR count). The zero-order valence-corrected chi connectivity index (χ0v) is 28.0. The number of sulfonamides is 1. The van der Waals surface area contributed by atoms with Crippen LogP contribution in [0.15, 0.2) is 70.6 Å². The number of carboxylic acid groups (broad SMARTS) is 1. The third kappa shape index (κ3) is 10.4. The number of carbonyl (C=O) groups is 3. The number of aromatic hydroxyl groups is 1. The number of methoxy groups -OCH3 is 1. The van der Waals surface area contributed by atoms with E-state index < -0.39 is 40.1 Å². The predicted molar refractivity (Wildman–Crippen MR) is 179 cm³/mol. The number of nitrogens with two attached hydrogens (primary N) is 1. The second kappa shape index (κ2) is 17.0. The molecule has 0 aliphatic heterocycles. The maximum Gasteiger partial charge on any atom is 0.407 e. The molecule has 0 aromatic heterocycles. The minimum atomic E-state index is -4.07. The molecule has 0 bridgehead atoms. The molecular formula is C33H41N5O9S. The Morgan fingerprint density at radius 2 is 1.65 bits per heavy atom. The summed E-state index contributed by atoms with van der Waals surface area (Å²) in [6, 6.07) is 14.6. The van der Waals surface area contributed by atoms with Crippen LogP contribution in [0.4, 0.5) is 4.79 Å². The lowest BCUT2D eigenvalue weighted by Crippen LogP contribution is -2.44. The van der Waals surface area contributed by atoms with E-state index in [2.05, 4.69) is 20.3 Å². The van der Waals surface area contributed by atoms with Crippen LogP contribution in [-0.2, 0) is 26.0 Å². The van der Waals surface area contributed by atoms with Crippen molar-refractivity contribution in [3.05, 3.63) is 88.5 Å². The largest absolute Gasteiger partial charge is 0.507 e. The maximum atomic E-state index is 13.0. The molecular weight excluding hydrogens is 642 g/mol. The third-order valence-corrected chi connectivity index (χ3v) is 8.94. The van der Waals surface area contributed by atoms with Crippen molar-refractivity contribution in [2.24, 2.45) is 10.7 Å². The van der Waals surface area contributed by atoms with Gasteiger partial charge in [-0.25, -0.2) is 22.7 Å². The number of aliphatic imine (C=N–C) groups is 1. The number of amides is 2. The van der Waals surface area contributed by atoms with Crippen molar-refractivity contribution < 1.29 is 42.5 Å². The van der Waals surface area contributed by atoms with Gasteiger partial charge in [-0.2, -0.15) is 0 Å². The zero-order chi connectivity index (χ0) is 35.4. The van der Waals surface area contributed by atoms with Gasteiger partial charge < -0.3 is 36.1 Å². The van der Waals surface area contributed by atoms with Gasteiger partial charge in [-0.3, -0.25) is 9.79 Å². The Morgan fingerprint density at radius 3 is 2.29 bits per heavy atom. The van der Waals surface area contributed by atoms with Crippen LogP contribution in [0.3, 0.4) is 0 Å². The van der Waals surface area contributed by atoms with Crippen molar-refractivity contribution in [3.8, 4) is 11.5 Å². The number of aryl methyl sites for hydroxylation is 1. The van der Waals surface area contributed by atoms with Crippen LogP contribution in [0.1, 0.15) is 45.5 Å². The lowest BCUT2D eigenvalue weighted by molar-refractivity contribution is -0.139. The molecule has 0 saturated heterocycles. The van der Waals surface area contributed by atoms with Gasteiger partial charge in [-0.05, 0) is 80.5 Å². The first-order valence-corrected chi connectivity index (χ1v) is 16.5. The number of hydrogen-bond acceptors (Lipinski definition) is 9. The summed E-state index contributed by atoms with van der Waals surface area (Å²) in [5.41, 5.74) is 8.51. The molecule has 14 nitrogen and oxygen atoms in total. The first-order valence-electron chi connectivity index (χ1n) is 15.0. The van der Waals surface area contributed by atoms with Crippen molar-refractivity contribution in [2.75, 3.05) is 20.3 Å². The van der Waals surface area contributed by atoms with Crippen LogP contribution < -0.4 is 25.8 Å². The van der Waals surface area contributed by atoms with E-state index in [0.29, 0.717) is 22.4 Å². The minimum absolute atomic E-state index is 0.0221. The molecule has 15 heteroatoms. The summed E-state index contributed by atoms with van der Waals surface area (Å²) in [5, 5.41) is 24.7. The average Bonchev–Trinajstić information content (AvgIpc) is 3.03. The highest BCUT2D eigenvalue weighted by Gasteiger charge is 2.24. The summed E-state index contributed by atoms with van der Waals surface area (Å²) < 4.78 is 38.8. The quantitative estimate of drug-likeness (QED) is 0.0782. The average molecular weight is 684 g/mol. The normalized spacial score (nSPS) is 12.8. The van der Waals surface area contributed by atoms with E-state index in [1.807, 2.05) is 30.3 Å². The van der Waals surface area contributed by atoms with Crippen LogP contribution in [0.25, 0.3) is 0 Å². The number of nitrogens with one attached hydrogen (secondary N) is 3. The molecule has 2 atom stereocenters. The number of hydrogen-bond donors (Lipinski definition) is 6. The van der Waals surface area contributed by atoms with Crippen molar-refractivity contribution in [2.45, 2.75) is 57.0 Å². The number of para-hydroxylation sites is 1. The van der Waals surface area contributed by atoms with E-state index in [0.717, 1.165) is 5.56 Å². The van der Waals surface area contributed by atoms with Gasteiger partial charge >= 0.3 is 12.1 Å². The summed E-state index contributed by atoms with van der Waals surface area (Å²) in [6.45, 7) is 4.80. The van der Waals surface area contributed by atoms with E-state index in [-0.39, 0.29) is 54.6 Å². The van der Waals surface area contributed by atoms with Crippen LogP contribution in [0, 0.1) is 20.8 Å². The Morgan fingerprint density at radius 1 is 0.979 bits per heavy atom. The van der Waals surface area contributed by atoms with Gasteiger partial charge in [0.15, 0.2) is 0 Å². The highest BCUT2D eigenvalue weighted by molar-refractivity contribution is 7.90. The molecule has 48 heavy (non-hydrogen) atoms. The number of carbonyl (C=O) groups excluding carboxylic acids is 2. The Balaban J connectivity index is 1.56. The fraction of sp³-hybridized carbons (Fsp3) is 0.333. The lowest BCUT2D eigenvalue weighted by atomic mass is 10.1. The summed E-state index contributed by atoms with van der Waals surface area (Å²) in [7, 11) is -2.57. The molecule has 0 spiro atoms. The number of ether oxygens (including phenoxy) is 2. The number of nitrogens with zero attached hydrogens (tertiary/aromatic N) is 1. The third-order valence-electron chi connectivity index (χ3n) is 7.46. The smallest absolute Gasteiger partial charge is 0.407 e. The standard InChI is InChI=1S/C33H41N5O9S/c1-20-17-28(21(2)22(3)29(20)46-4)48(44,45)38-32(34)35-16-10-14-26(31(41)42)37-33(43)47-19-24(18-23-11-6-5-7-12-23)36-30(40)25-13-8-9-15-27(25)39/h5-9,11-13,15,17,24,26,39H,10,14,16,18-19H2,1-4H3,(H,36,40)(H,37,43)(H,41,42)(H3,34,35,38)/t24-,26+/m0/s1. The molecule has 0 heterocycles. The van der Waals surface area contributed by atoms with Gasteiger partial charge in [0.1, 0.15) is 24.1 Å². The summed E-state index contributed by atoms with van der Waals surface area (Å²) >= 11 is 0. The van der Waals surface area contributed by atoms with Crippen LogP contribution >= 0.6 is 0 Å². The molecule has 7 N–H and O–H groups in total. The molecule has 0 aliphatic rings. The minimum Gasteiger partial charge on any atom is -0.507 e. The highest BCUT2D eigenvalue weighted by Crippen LogP contribution is 2.30. The first-order chi connectivity index (χ1) is 22.7. The van der Waals surface area contributed by atoms with Gasteiger partial charge in [0.05, 0.1) is 23.6 Å². The number of phenols is 1. The van der Waals surface area contributed by atoms with Crippen molar-refractivity contribution >= 4 is 34.0 Å². The molecule has 0 unspecified atom stereocenters. The number of alkyl carbamates (subject to hydrolysis) is 1. The fourth-order valence-electron chi connectivity index (χ4n) is 4.93. The SMILES string of the molecule is COc1c(C)cc(S(=O)(=O)NC(N)=NCCC[C@@H](NC(=O)OC[C@H](Cc2ccccc2)NC(=O)c2ccccc2O)C(=O)O)c(C)c1C. The van der Waals surface area contributed by atoms with E-state index >= 15 is 0 Å². The Bertz CT molecular complexity index is 1750. The number of guanidine groups is 1. The molecule has 258 valence electrons. The monoisotopic (exact) mass is 683 g/mol. The van der Waals surface area contributed by atoms with Crippen molar-refractivity contribution in [1.82, 2.24) is 15.4 Å². The Labute approximate surface area is 279 Å². The molecule has 0 radical (unpaired) electrons. The molecule has 0 fully saturated rings. The molecule has 2 amide bonds. The van der Waals surface area contributed by atoms with Gasteiger partial charge in [0.2, 0.25) is 5.96 Å². The van der Waals surface area contributed by atoms with Crippen LogP contribution in [0.2, 0.25) is 0 Å². The molecule has 3 aromatic rings. The van der Waals surface area contributed by atoms with Gasteiger partial charge in [0, 0.05) is 6.54 Å². The van der Waals surface area contributed by atoms with E-state index in [9.17, 15) is 33.0 Å². The number of rotatable bonds is 15. The number of benzene rings is 3. The maximum absolute atomic E-state index is 13.0. The zero-order valence-electron chi connectivity index (χ0n) is 27.1. The van der Waals surface area contributed by atoms with E-state index in [1.54, 1.807) is 32.9 Å². The summed E-state index contributed by atoms with van der Waals surface area (Å²) in [4.78, 5) is 41.3. The van der Waals surface area contributed by atoms with Crippen molar-refractivity contribution in [1.29, 1.82) is 0 Å². The van der Waals surface area contributed by atoms with E-state index in [4.69, 9.17) is 15.2 Å². The fourth-order valence-corrected chi connectivity index (χ4v) is 6.27. The molecule has 0 aliphatic carbocycles. The van der Waals surface area contributed by atoms with Gasteiger partial charge in [-0.1, -0.05) is 42.5 Å². The number of phenolic OH excluding ortho intramolecular Hbond substituents is 1.